The summed E-state index contributed by atoms with van der Waals surface area (Å²) < 4.78 is 5.46. The summed E-state index contributed by atoms with van der Waals surface area (Å²) in [5.41, 5.74) is 0.574. The number of nitrogens with zero attached hydrogens (tertiary/aromatic N) is 1. The minimum Gasteiger partial charge on any atom is -0.441 e. The number of hydrogen-bond donors (Lipinski definition) is 0. The molecule has 1 amide bonds. The molecule has 0 aliphatic carbocycles. The van der Waals surface area contributed by atoms with Gasteiger partial charge in [-0.15, -0.1) is 0 Å². The highest BCUT2D eigenvalue weighted by atomic mass is 16.6. The van der Waals surface area contributed by atoms with E-state index in [1.54, 1.807) is 4.90 Å². The van der Waals surface area contributed by atoms with E-state index in [-0.39, 0.29) is 12.1 Å². The van der Waals surface area contributed by atoms with Crippen LogP contribution in [0.3, 0.4) is 0 Å². The molecule has 1 saturated heterocycles. The first-order valence-corrected chi connectivity index (χ1v) is 6.29. The van der Waals surface area contributed by atoms with E-state index in [9.17, 15) is 4.79 Å². The highest BCUT2D eigenvalue weighted by Gasteiger charge is 2.47. The molecule has 0 bridgehead atoms. The summed E-state index contributed by atoms with van der Waals surface area (Å²) in [5.74, 6) is 0. The molecule has 1 unspecified atom stereocenters. The Hall–Kier alpha value is -1.77. The van der Waals surface area contributed by atoms with Crippen molar-refractivity contribution in [1.29, 1.82) is 0 Å². The average Bonchev–Trinajstić information content (AvgIpc) is 2.57. The summed E-state index contributed by atoms with van der Waals surface area (Å²) in [6, 6.07) is 9.92. The molecule has 3 nitrogen and oxygen atoms in total. The van der Waals surface area contributed by atoms with Crippen molar-refractivity contribution in [2.75, 3.05) is 0 Å². The maximum absolute atomic E-state index is 11.9. The highest BCUT2D eigenvalue weighted by Crippen LogP contribution is 2.41. The molecule has 0 aromatic heterocycles. The number of cyclic esters (lactones) is 1. The van der Waals surface area contributed by atoms with Gasteiger partial charge in [-0.05, 0) is 25.8 Å². The Labute approximate surface area is 108 Å². The fourth-order valence-corrected chi connectivity index (χ4v) is 2.34. The Kier molecular flexibility index (Phi) is 3.41. The minimum atomic E-state index is -0.517. The quantitative estimate of drug-likeness (QED) is 0.808. The minimum absolute atomic E-state index is 0.0750. The van der Waals surface area contributed by atoms with Crippen molar-refractivity contribution in [3.05, 3.63) is 48.2 Å². The molecular weight excluding hydrogens is 226 g/mol. The zero-order chi connectivity index (χ0) is 13.2. The first-order chi connectivity index (χ1) is 8.56. The van der Waals surface area contributed by atoms with Gasteiger partial charge in [-0.1, -0.05) is 43.3 Å². The lowest BCUT2D eigenvalue weighted by Gasteiger charge is -2.27. The van der Waals surface area contributed by atoms with Crippen LogP contribution < -0.4 is 0 Å². The van der Waals surface area contributed by atoms with E-state index >= 15 is 0 Å². The van der Waals surface area contributed by atoms with Crippen LogP contribution in [-0.4, -0.2) is 16.6 Å². The van der Waals surface area contributed by atoms with E-state index in [4.69, 9.17) is 4.74 Å². The van der Waals surface area contributed by atoms with Crippen molar-refractivity contribution in [3.63, 3.8) is 0 Å². The number of carbonyl (C=O) groups is 1. The number of amides is 1. The molecule has 1 aromatic rings. The van der Waals surface area contributed by atoms with Gasteiger partial charge in [0, 0.05) is 6.20 Å². The molecule has 3 heteroatoms. The fraction of sp³-hybridized carbons (Fsp3) is 0.400. The van der Waals surface area contributed by atoms with Crippen molar-refractivity contribution < 1.29 is 9.53 Å². The number of carbonyl (C=O) groups excluding carboxylic acids is 1. The van der Waals surface area contributed by atoms with Crippen LogP contribution in [0.5, 0.6) is 0 Å². The van der Waals surface area contributed by atoms with E-state index in [1.807, 2.05) is 63.4 Å². The lowest BCUT2D eigenvalue weighted by atomic mass is 9.92. The molecule has 1 aliphatic heterocycles. The van der Waals surface area contributed by atoms with Gasteiger partial charge < -0.3 is 4.74 Å². The third kappa shape index (κ3) is 2.26. The Morgan fingerprint density at radius 2 is 2.00 bits per heavy atom. The standard InChI is InChI=1S/C15H19NO2/c1-4-5-11-16-13(12-9-7-6-8-10-12)15(2,3)18-14(16)17/h5-11,13H,4H2,1-3H3/b11-5+. The van der Waals surface area contributed by atoms with E-state index in [0.29, 0.717) is 0 Å². The van der Waals surface area contributed by atoms with Crippen LogP contribution in [0.1, 0.15) is 38.8 Å². The summed E-state index contributed by atoms with van der Waals surface area (Å²) in [5, 5.41) is 0. The number of hydrogen-bond acceptors (Lipinski definition) is 2. The van der Waals surface area contributed by atoms with Crippen LogP contribution >= 0.6 is 0 Å². The van der Waals surface area contributed by atoms with Crippen molar-refractivity contribution in [2.45, 2.75) is 38.8 Å². The monoisotopic (exact) mass is 245 g/mol. The number of benzene rings is 1. The van der Waals surface area contributed by atoms with Gasteiger partial charge in [0.25, 0.3) is 0 Å². The molecule has 0 N–H and O–H groups in total. The van der Waals surface area contributed by atoms with Crippen LogP contribution in [0.2, 0.25) is 0 Å². The van der Waals surface area contributed by atoms with Crippen LogP contribution in [0.4, 0.5) is 4.79 Å². The van der Waals surface area contributed by atoms with Gasteiger partial charge in [-0.3, -0.25) is 4.90 Å². The molecule has 1 aliphatic rings. The van der Waals surface area contributed by atoms with E-state index in [2.05, 4.69) is 0 Å². The Bertz CT molecular complexity index is 451. The summed E-state index contributed by atoms with van der Waals surface area (Å²) in [6.45, 7) is 5.94. The third-order valence-corrected chi connectivity index (χ3v) is 3.11. The second kappa shape index (κ2) is 4.84. The van der Waals surface area contributed by atoms with Gasteiger partial charge in [0.15, 0.2) is 0 Å². The molecule has 0 spiro atoms. The van der Waals surface area contributed by atoms with Crippen LogP contribution in [0.25, 0.3) is 0 Å². The van der Waals surface area contributed by atoms with Crippen LogP contribution in [-0.2, 0) is 4.74 Å². The van der Waals surface area contributed by atoms with Gasteiger partial charge in [0.1, 0.15) is 11.6 Å². The van der Waals surface area contributed by atoms with Gasteiger partial charge in [-0.25, -0.2) is 4.79 Å². The first-order valence-electron chi connectivity index (χ1n) is 6.29. The van der Waals surface area contributed by atoms with Crippen LogP contribution in [0.15, 0.2) is 42.6 Å². The van der Waals surface area contributed by atoms with E-state index < -0.39 is 5.60 Å². The van der Waals surface area contributed by atoms with Crippen molar-refractivity contribution in [1.82, 2.24) is 4.90 Å². The number of allylic oxidation sites excluding steroid dienone is 1. The second-order valence-corrected chi connectivity index (χ2v) is 4.98. The SMILES string of the molecule is CC/C=C/N1C(=O)OC(C)(C)C1c1ccccc1. The number of ether oxygens (including phenoxy) is 1. The molecule has 1 atom stereocenters. The predicted molar refractivity (Wildman–Crippen MR) is 71.0 cm³/mol. The normalized spacial score (nSPS) is 22.5. The second-order valence-electron chi connectivity index (χ2n) is 4.98. The lowest BCUT2D eigenvalue weighted by Crippen LogP contribution is -2.30. The smallest absolute Gasteiger partial charge is 0.415 e. The molecule has 18 heavy (non-hydrogen) atoms. The molecule has 0 saturated carbocycles. The Morgan fingerprint density at radius 1 is 1.33 bits per heavy atom. The molecule has 1 heterocycles. The van der Waals surface area contributed by atoms with Gasteiger partial charge in [0.2, 0.25) is 0 Å². The Balaban J connectivity index is 2.39. The van der Waals surface area contributed by atoms with E-state index in [0.717, 1.165) is 12.0 Å². The average molecular weight is 245 g/mol. The zero-order valence-electron chi connectivity index (χ0n) is 11.1. The summed E-state index contributed by atoms with van der Waals surface area (Å²) in [7, 11) is 0. The maximum Gasteiger partial charge on any atom is 0.415 e. The van der Waals surface area contributed by atoms with Gasteiger partial charge in [-0.2, -0.15) is 0 Å². The topological polar surface area (TPSA) is 29.5 Å². The number of rotatable bonds is 3. The summed E-state index contributed by atoms with van der Waals surface area (Å²) in [4.78, 5) is 13.6. The highest BCUT2D eigenvalue weighted by molar-refractivity contribution is 5.73. The van der Waals surface area contributed by atoms with Crippen molar-refractivity contribution in [2.24, 2.45) is 0 Å². The molecule has 1 aromatic carbocycles. The fourth-order valence-electron chi connectivity index (χ4n) is 2.34. The third-order valence-electron chi connectivity index (χ3n) is 3.11. The molecule has 0 radical (unpaired) electrons. The van der Waals surface area contributed by atoms with E-state index in [1.165, 1.54) is 0 Å². The molecule has 1 fully saturated rings. The zero-order valence-corrected chi connectivity index (χ0v) is 11.1. The summed E-state index contributed by atoms with van der Waals surface area (Å²) >= 11 is 0. The predicted octanol–water partition coefficient (Wildman–Crippen LogP) is 3.88. The molecule has 96 valence electrons. The lowest BCUT2D eigenvalue weighted by molar-refractivity contribution is 0.0679. The van der Waals surface area contributed by atoms with Crippen molar-refractivity contribution >= 4 is 6.09 Å². The molecular formula is C15H19NO2. The van der Waals surface area contributed by atoms with Gasteiger partial charge in [0.05, 0.1) is 0 Å². The largest absolute Gasteiger partial charge is 0.441 e. The summed E-state index contributed by atoms with van der Waals surface area (Å²) in [6.07, 6.45) is 4.41. The van der Waals surface area contributed by atoms with Gasteiger partial charge >= 0.3 is 6.09 Å². The Morgan fingerprint density at radius 3 is 2.61 bits per heavy atom. The maximum atomic E-state index is 11.9. The van der Waals surface area contributed by atoms with Crippen molar-refractivity contribution in [3.8, 4) is 0 Å². The molecule has 2 rings (SSSR count). The first kappa shape index (κ1) is 12.7. The van der Waals surface area contributed by atoms with Crippen LogP contribution in [0, 0.1) is 0 Å².